The minimum Gasteiger partial charge on any atom is -0.478 e. The Hall–Kier alpha value is -1.78. The highest BCUT2D eigenvalue weighted by molar-refractivity contribution is 5.73. The molecule has 118 valence electrons. The summed E-state index contributed by atoms with van der Waals surface area (Å²) < 4.78 is 5.42. The molecule has 1 aromatic heterocycles. The van der Waals surface area contributed by atoms with Crippen LogP contribution in [-0.4, -0.2) is 36.1 Å². The van der Waals surface area contributed by atoms with Crippen molar-refractivity contribution < 1.29 is 9.53 Å². The van der Waals surface area contributed by atoms with Gasteiger partial charge in [0.2, 0.25) is 5.88 Å². The Morgan fingerprint density at radius 3 is 2.76 bits per heavy atom. The van der Waals surface area contributed by atoms with Crippen molar-refractivity contribution >= 4 is 6.03 Å². The smallest absolute Gasteiger partial charge is 0.317 e. The van der Waals surface area contributed by atoms with Gasteiger partial charge in [0.1, 0.15) is 0 Å². The second-order valence-electron chi connectivity index (χ2n) is 5.41. The van der Waals surface area contributed by atoms with Crippen LogP contribution < -0.4 is 10.1 Å². The molecule has 1 atom stereocenters. The van der Waals surface area contributed by atoms with Crippen molar-refractivity contribution in [2.24, 2.45) is 5.92 Å². The van der Waals surface area contributed by atoms with Gasteiger partial charge in [0.05, 0.1) is 6.61 Å². The fourth-order valence-corrected chi connectivity index (χ4v) is 1.80. The van der Waals surface area contributed by atoms with Crippen LogP contribution in [0.3, 0.4) is 0 Å². The number of amides is 2. The van der Waals surface area contributed by atoms with E-state index in [4.69, 9.17) is 4.74 Å². The van der Waals surface area contributed by atoms with Crippen molar-refractivity contribution in [2.75, 3.05) is 20.2 Å². The Bertz CT molecular complexity index is 420. The van der Waals surface area contributed by atoms with E-state index in [0.29, 0.717) is 24.9 Å². The van der Waals surface area contributed by atoms with Crippen LogP contribution in [0.5, 0.6) is 5.88 Å². The van der Waals surface area contributed by atoms with Gasteiger partial charge in [-0.1, -0.05) is 33.3 Å². The van der Waals surface area contributed by atoms with Crippen LogP contribution in [0.1, 0.15) is 39.2 Å². The summed E-state index contributed by atoms with van der Waals surface area (Å²) in [6.45, 7) is 8.24. The largest absolute Gasteiger partial charge is 0.478 e. The lowest BCUT2D eigenvalue weighted by Crippen LogP contribution is -2.39. The van der Waals surface area contributed by atoms with Crippen LogP contribution in [0.4, 0.5) is 4.79 Å². The Kier molecular flexibility index (Phi) is 7.58. The summed E-state index contributed by atoms with van der Waals surface area (Å²) in [7, 11) is 1.82. The van der Waals surface area contributed by atoms with Crippen LogP contribution in [0.2, 0.25) is 0 Å². The molecular weight excluding hydrogens is 266 g/mol. The van der Waals surface area contributed by atoms with Gasteiger partial charge in [-0.2, -0.15) is 0 Å². The number of hydrogen-bond acceptors (Lipinski definition) is 3. The zero-order chi connectivity index (χ0) is 15.7. The molecule has 1 rings (SSSR count). The summed E-state index contributed by atoms with van der Waals surface area (Å²) >= 11 is 0. The molecule has 0 saturated heterocycles. The summed E-state index contributed by atoms with van der Waals surface area (Å²) in [4.78, 5) is 17.9. The van der Waals surface area contributed by atoms with Gasteiger partial charge in [-0.3, -0.25) is 0 Å². The quantitative estimate of drug-likeness (QED) is 0.801. The number of urea groups is 1. The minimum atomic E-state index is -0.0541. The van der Waals surface area contributed by atoms with Crippen molar-refractivity contribution in [3.63, 3.8) is 0 Å². The number of carbonyl (C=O) groups excluding carboxylic acids is 1. The minimum absolute atomic E-state index is 0.0541. The number of aromatic nitrogens is 1. The Morgan fingerprint density at radius 2 is 2.19 bits per heavy atom. The average molecular weight is 293 g/mol. The first-order chi connectivity index (χ1) is 10.1. The highest BCUT2D eigenvalue weighted by Crippen LogP contribution is 2.08. The fraction of sp³-hybridized carbons (Fsp3) is 0.625. The van der Waals surface area contributed by atoms with E-state index in [9.17, 15) is 4.79 Å². The van der Waals surface area contributed by atoms with E-state index in [1.807, 2.05) is 19.2 Å². The molecule has 0 aliphatic carbocycles. The third kappa shape index (κ3) is 6.47. The first-order valence-corrected chi connectivity index (χ1v) is 7.63. The second kappa shape index (κ2) is 9.21. The van der Waals surface area contributed by atoms with Gasteiger partial charge in [0.25, 0.3) is 0 Å². The van der Waals surface area contributed by atoms with E-state index in [1.54, 1.807) is 11.1 Å². The van der Waals surface area contributed by atoms with E-state index in [0.717, 1.165) is 24.9 Å². The van der Waals surface area contributed by atoms with Crippen LogP contribution in [0, 0.1) is 5.92 Å². The molecule has 21 heavy (non-hydrogen) atoms. The molecule has 5 nitrogen and oxygen atoms in total. The summed E-state index contributed by atoms with van der Waals surface area (Å²) in [5.74, 6) is 1.14. The molecule has 1 N–H and O–H groups in total. The number of ether oxygens (including phenoxy) is 1. The standard InChI is InChI=1S/C16H27N3O2/c1-5-9-21-15-8-7-14(10-17-15)11-18-16(20)19(4)12-13(3)6-2/h7-8,10,13H,5-6,9,11-12H2,1-4H3,(H,18,20)/t13-/m1/s1. The molecule has 1 aromatic rings. The lowest BCUT2D eigenvalue weighted by Gasteiger charge is -2.21. The third-order valence-corrected chi connectivity index (χ3v) is 3.32. The molecule has 0 aliphatic rings. The molecular formula is C16H27N3O2. The molecule has 2 amide bonds. The number of pyridine rings is 1. The van der Waals surface area contributed by atoms with E-state index < -0.39 is 0 Å². The van der Waals surface area contributed by atoms with E-state index >= 15 is 0 Å². The molecule has 0 aromatic carbocycles. The molecule has 0 bridgehead atoms. The van der Waals surface area contributed by atoms with Gasteiger partial charge in [0.15, 0.2) is 0 Å². The maximum absolute atomic E-state index is 11.9. The van der Waals surface area contributed by atoms with Gasteiger partial charge in [0, 0.05) is 32.4 Å². The fourth-order valence-electron chi connectivity index (χ4n) is 1.80. The number of hydrogen-bond donors (Lipinski definition) is 1. The van der Waals surface area contributed by atoms with Crippen molar-refractivity contribution in [2.45, 2.75) is 40.2 Å². The van der Waals surface area contributed by atoms with Crippen molar-refractivity contribution in [1.29, 1.82) is 0 Å². The maximum atomic E-state index is 11.9. The predicted octanol–water partition coefficient (Wildman–Crippen LogP) is 3.06. The molecule has 0 saturated carbocycles. The number of nitrogens with one attached hydrogen (secondary N) is 1. The molecule has 0 unspecified atom stereocenters. The van der Waals surface area contributed by atoms with Crippen molar-refractivity contribution in [3.8, 4) is 5.88 Å². The molecule has 0 fully saturated rings. The average Bonchev–Trinajstić information content (AvgIpc) is 2.51. The van der Waals surface area contributed by atoms with Crippen LogP contribution in [0.25, 0.3) is 0 Å². The second-order valence-corrected chi connectivity index (χ2v) is 5.41. The highest BCUT2D eigenvalue weighted by Gasteiger charge is 2.10. The van der Waals surface area contributed by atoms with E-state index in [1.165, 1.54) is 0 Å². The zero-order valence-electron chi connectivity index (χ0n) is 13.6. The van der Waals surface area contributed by atoms with Crippen molar-refractivity contribution in [1.82, 2.24) is 15.2 Å². The molecule has 0 spiro atoms. The first-order valence-electron chi connectivity index (χ1n) is 7.63. The predicted molar refractivity (Wildman–Crippen MR) is 84.3 cm³/mol. The number of carbonyl (C=O) groups is 1. The first kappa shape index (κ1) is 17.3. The summed E-state index contributed by atoms with van der Waals surface area (Å²) in [6, 6.07) is 3.70. The number of rotatable bonds is 8. The van der Waals surface area contributed by atoms with Crippen LogP contribution in [-0.2, 0) is 6.54 Å². The Labute approximate surface area is 127 Å². The normalized spacial score (nSPS) is 11.8. The van der Waals surface area contributed by atoms with E-state index in [-0.39, 0.29) is 6.03 Å². The topological polar surface area (TPSA) is 54.5 Å². The summed E-state index contributed by atoms with van der Waals surface area (Å²) in [5.41, 5.74) is 0.962. The van der Waals surface area contributed by atoms with Gasteiger partial charge in [-0.15, -0.1) is 0 Å². The van der Waals surface area contributed by atoms with Gasteiger partial charge < -0.3 is 15.0 Å². The lowest BCUT2D eigenvalue weighted by molar-refractivity contribution is 0.201. The monoisotopic (exact) mass is 293 g/mol. The molecule has 0 aliphatic heterocycles. The van der Waals surface area contributed by atoms with Crippen LogP contribution in [0.15, 0.2) is 18.3 Å². The summed E-state index contributed by atoms with van der Waals surface area (Å²) in [5, 5.41) is 2.90. The van der Waals surface area contributed by atoms with Crippen molar-refractivity contribution in [3.05, 3.63) is 23.9 Å². The third-order valence-electron chi connectivity index (χ3n) is 3.32. The highest BCUT2D eigenvalue weighted by atomic mass is 16.5. The Morgan fingerprint density at radius 1 is 1.43 bits per heavy atom. The molecule has 0 radical (unpaired) electrons. The van der Waals surface area contributed by atoms with Gasteiger partial charge in [-0.25, -0.2) is 9.78 Å². The SMILES string of the molecule is CCCOc1ccc(CNC(=O)N(C)C[C@H](C)CC)cn1. The molecule has 1 heterocycles. The van der Waals surface area contributed by atoms with Gasteiger partial charge >= 0.3 is 6.03 Å². The Balaban J connectivity index is 2.38. The van der Waals surface area contributed by atoms with E-state index in [2.05, 4.69) is 31.1 Å². The summed E-state index contributed by atoms with van der Waals surface area (Å²) in [6.07, 6.45) is 3.77. The zero-order valence-corrected chi connectivity index (χ0v) is 13.6. The number of nitrogens with zero attached hydrogens (tertiary/aromatic N) is 2. The lowest BCUT2D eigenvalue weighted by atomic mass is 10.1. The maximum Gasteiger partial charge on any atom is 0.317 e. The molecule has 5 heteroatoms. The van der Waals surface area contributed by atoms with Crippen LogP contribution >= 0.6 is 0 Å². The van der Waals surface area contributed by atoms with Gasteiger partial charge in [-0.05, 0) is 17.9 Å².